The van der Waals surface area contributed by atoms with Gasteiger partial charge in [0.05, 0.1) is 6.61 Å². The Kier molecular flexibility index (Phi) is 71.4. The molecule has 8 nitrogen and oxygen atoms in total. The van der Waals surface area contributed by atoms with E-state index in [2.05, 4.69) is 0 Å². The summed E-state index contributed by atoms with van der Waals surface area (Å²) in [5, 5.41) is 18.2. The Balaban J connectivity index is -0.0000000500. The van der Waals surface area contributed by atoms with Gasteiger partial charge < -0.3 is 38.9 Å². The molecule has 2 N–H and O–H groups in total. The van der Waals surface area contributed by atoms with Crippen molar-refractivity contribution < 1.29 is 56.3 Å². The maximum absolute atomic E-state index is 9.17. The van der Waals surface area contributed by atoms with E-state index in [-0.39, 0.29) is 28.9 Å². The van der Waals surface area contributed by atoms with Crippen molar-refractivity contribution in [3.8, 4) is 11.5 Å². The third-order valence-corrected chi connectivity index (χ3v) is 1.36. The molecule has 0 spiro atoms. The summed E-state index contributed by atoms with van der Waals surface area (Å²) in [6.07, 6.45) is 0. The van der Waals surface area contributed by atoms with Crippen LogP contribution in [0.15, 0.2) is 18.2 Å². The first-order valence-electron chi connectivity index (χ1n) is 4.68. The van der Waals surface area contributed by atoms with Crippen molar-refractivity contribution in [3.63, 3.8) is 0 Å². The van der Waals surface area contributed by atoms with Crippen LogP contribution in [0.25, 0.3) is 0 Å². The zero-order valence-electron chi connectivity index (χ0n) is 12.2. The first-order chi connectivity index (χ1) is 10.2. The molecule has 0 atom stereocenters. The molecule has 0 radical (unpaired) electrons. The van der Waals surface area contributed by atoms with Crippen molar-refractivity contribution in [2.45, 2.75) is 6.61 Å². The van der Waals surface area contributed by atoms with Gasteiger partial charge in [0, 0.05) is 30.0 Å². The first-order valence-corrected chi connectivity index (χ1v) is 4.68. The third kappa shape index (κ3) is 26.3. The number of hydrogen-bond donors (Lipinski definition) is 2. The Morgan fingerprint density at radius 2 is 1.23 bits per heavy atom. The second kappa shape index (κ2) is 42.8. The molecule has 0 fully saturated rings. The van der Waals surface area contributed by atoms with Gasteiger partial charge >= 0.3 is 0 Å². The van der Waals surface area contributed by atoms with E-state index in [0.29, 0.717) is 12.2 Å². The van der Waals surface area contributed by atoms with Crippen molar-refractivity contribution in [3.05, 3.63) is 23.8 Å². The van der Waals surface area contributed by atoms with E-state index in [4.69, 9.17) is 33.8 Å². The van der Waals surface area contributed by atoms with Crippen LogP contribution in [0.4, 0.5) is 0 Å². The van der Waals surface area contributed by atoms with Gasteiger partial charge in [-0.15, -0.1) is 0 Å². The molecular weight excluding hydrogens is 336 g/mol. The summed E-state index contributed by atoms with van der Waals surface area (Å²) in [6, 6.07) is 4.33. The Labute approximate surface area is 139 Å². The topological polar surface area (TPSA) is 135 Å². The fourth-order valence-corrected chi connectivity index (χ4v) is 0.843. The fourth-order valence-electron chi connectivity index (χ4n) is 0.843. The Morgan fingerprint density at radius 3 is 1.55 bits per heavy atom. The smallest absolute Gasteiger partial charge is 0.121 e. The van der Waals surface area contributed by atoms with Gasteiger partial charge in [0.25, 0.3) is 0 Å². The van der Waals surface area contributed by atoms with E-state index in [1.165, 1.54) is 25.3 Å². The summed E-state index contributed by atoms with van der Waals surface area (Å²) >= 11 is 0. The predicted molar refractivity (Wildman–Crippen MR) is 76.1 cm³/mol. The number of phenols is 2. The second-order valence-electron chi connectivity index (χ2n) is 2.25. The molecule has 1 rings (SSSR count). The van der Waals surface area contributed by atoms with Crippen LogP contribution in [0.3, 0.4) is 0 Å². The number of ether oxygens (including phenoxy) is 1. The van der Waals surface area contributed by atoms with Gasteiger partial charge in [-0.1, -0.05) is 0 Å². The van der Waals surface area contributed by atoms with Crippen LogP contribution in [0.2, 0.25) is 0 Å². The van der Waals surface area contributed by atoms with Crippen LogP contribution in [-0.4, -0.2) is 51.3 Å². The van der Waals surface area contributed by atoms with Gasteiger partial charge in [0.1, 0.15) is 45.4 Å². The van der Waals surface area contributed by atoms with E-state index in [1.54, 1.807) is 0 Å². The van der Waals surface area contributed by atoms with E-state index in [9.17, 15) is 5.11 Å². The third-order valence-electron chi connectivity index (χ3n) is 1.36. The van der Waals surface area contributed by atoms with E-state index in [1.807, 2.05) is 33.9 Å². The van der Waals surface area contributed by atoms with Crippen LogP contribution in [0, 0.1) is 0 Å². The molecule has 0 saturated carbocycles. The van der Waals surface area contributed by atoms with Gasteiger partial charge in [-0.05, 0) is 18.2 Å². The number of carbonyl (C=O) groups is 5. The molecule has 0 unspecified atom stereocenters. The SMILES string of the molecule is C=O.C=O.C=O.C=O.C=O.COCc1cc(O)ccc1O.[Cr]. The molecule has 0 bridgehead atoms. The summed E-state index contributed by atoms with van der Waals surface area (Å²) in [4.78, 5) is 40.0. The van der Waals surface area contributed by atoms with Crippen molar-refractivity contribution in [1.29, 1.82) is 0 Å². The van der Waals surface area contributed by atoms with E-state index in [0.717, 1.165) is 0 Å². The molecular formula is C13H20CrO8. The molecule has 0 aliphatic carbocycles. The number of aromatic hydroxyl groups is 2. The normalized spacial score (nSPS) is 5.86. The standard InChI is InChI=1S/C8H10O3.5CH2O.Cr/c1-11-5-6-4-7(9)2-3-8(6)10;5*1-2;/h2-4,9-10H,5H2,1H3;5*1H2;. The minimum atomic E-state index is 0. The molecule has 9 heteroatoms. The van der Waals surface area contributed by atoms with Gasteiger partial charge in [-0.3, -0.25) is 0 Å². The monoisotopic (exact) mass is 356 g/mol. The average Bonchev–Trinajstić information content (AvgIpc) is 2.60. The zero-order valence-corrected chi connectivity index (χ0v) is 13.5. The summed E-state index contributed by atoms with van der Waals surface area (Å²) in [5.74, 6) is 0.277. The molecule has 0 aliphatic rings. The van der Waals surface area contributed by atoms with Crippen molar-refractivity contribution in [2.75, 3.05) is 7.11 Å². The Bertz CT molecular complexity index is 313. The van der Waals surface area contributed by atoms with E-state index >= 15 is 0 Å². The van der Waals surface area contributed by atoms with Gasteiger partial charge in [0.2, 0.25) is 0 Å². The molecule has 22 heavy (non-hydrogen) atoms. The van der Waals surface area contributed by atoms with Crippen LogP contribution >= 0.6 is 0 Å². The maximum Gasteiger partial charge on any atom is 0.121 e. The van der Waals surface area contributed by atoms with Crippen LogP contribution in [-0.2, 0) is 52.7 Å². The molecule has 126 valence electrons. The summed E-state index contributed by atoms with van der Waals surface area (Å²) in [7, 11) is 1.53. The van der Waals surface area contributed by atoms with Crippen LogP contribution in [0.1, 0.15) is 5.56 Å². The van der Waals surface area contributed by atoms with Crippen LogP contribution < -0.4 is 0 Å². The molecule has 1 aromatic rings. The number of carbonyl (C=O) groups excluding carboxylic acids is 5. The van der Waals surface area contributed by atoms with Crippen molar-refractivity contribution in [1.82, 2.24) is 0 Å². The molecule has 0 aliphatic heterocycles. The molecule has 0 aromatic heterocycles. The predicted octanol–water partition coefficient (Wildman–Crippen LogP) is 0.317. The largest absolute Gasteiger partial charge is 0.508 e. The average molecular weight is 356 g/mol. The number of rotatable bonds is 2. The maximum atomic E-state index is 9.17. The first kappa shape index (κ1) is 36.7. The number of hydrogen-bond acceptors (Lipinski definition) is 8. The van der Waals surface area contributed by atoms with Gasteiger partial charge in [-0.2, -0.15) is 0 Å². The summed E-state index contributed by atoms with van der Waals surface area (Å²) in [5.41, 5.74) is 0.590. The number of methoxy groups -OCH3 is 1. The van der Waals surface area contributed by atoms with Crippen molar-refractivity contribution >= 4 is 33.9 Å². The number of phenolic OH excluding ortho intramolecular Hbond substituents is 2. The molecule has 0 amide bonds. The van der Waals surface area contributed by atoms with Crippen LogP contribution in [0.5, 0.6) is 11.5 Å². The molecule has 0 heterocycles. The Morgan fingerprint density at radius 1 is 0.864 bits per heavy atom. The molecule has 0 saturated heterocycles. The summed E-state index contributed by atoms with van der Waals surface area (Å²) < 4.78 is 4.79. The summed E-state index contributed by atoms with van der Waals surface area (Å²) in [6.45, 7) is 10.3. The fraction of sp³-hybridized carbons (Fsp3) is 0.154. The van der Waals surface area contributed by atoms with E-state index < -0.39 is 0 Å². The minimum Gasteiger partial charge on any atom is -0.508 e. The zero-order chi connectivity index (χ0) is 18.3. The van der Waals surface area contributed by atoms with Gasteiger partial charge in [-0.25, -0.2) is 0 Å². The minimum absolute atomic E-state index is 0. The number of benzene rings is 1. The Hall–Kier alpha value is -2.34. The van der Waals surface area contributed by atoms with Crippen molar-refractivity contribution in [2.24, 2.45) is 0 Å². The van der Waals surface area contributed by atoms with Gasteiger partial charge in [0.15, 0.2) is 0 Å². The molecule has 1 aromatic carbocycles. The second-order valence-corrected chi connectivity index (χ2v) is 2.25. The quantitative estimate of drug-likeness (QED) is 0.723.